The van der Waals surface area contributed by atoms with Crippen LogP contribution < -0.4 is 16.4 Å². The molecule has 0 saturated carbocycles. The Morgan fingerprint density at radius 1 is 1.78 bits per heavy atom. The van der Waals surface area contributed by atoms with Gasteiger partial charge >= 0.3 is 8.03 Å². The van der Waals surface area contributed by atoms with E-state index in [-0.39, 0.29) is 6.29 Å². The largest absolute Gasteiger partial charge is 0.594 e. The quantitative estimate of drug-likeness (QED) is 0.365. The lowest BCUT2D eigenvalue weighted by atomic mass is 10.8. The van der Waals surface area contributed by atoms with Gasteiger partial charge in [0.2, 0.25) is 0 Å². The van der Waals surface area contributed by atoms with Crippen LogP contribution in [0.5, 0.6) is 0 Å². The molecule has 0 aliphatic carbocycles. The predicted molar refractivity (Wildman–Crippen MR) is 32.4 cm³/mol. The summed E-state index contributed by atoms with van der Waals surface area (Å²) in [5.41, 5.74) is 10.2. The maximum atomic E-state index is 10.00. The molecule has 0 aromatic heterocycles. The summed E-state index contributed by atoms with van der Waals surface area (Å²) in [4.78, 5) is 11.3. The molecule has 6 heteroatoms. The van der Waals surface area contributed by atoms with E-state index in [0.29, 0.717) is 0 Å². The third-order valence-corrected chi connectivity index (χ3v) is 1.52. The Kier molecular flexibility index (Phi) is 3.84. The SMILES string of the molecule is CN(C[P+](=O)[O-])C(N)N. The molecule has 0 fully saturated rings. The average Bonchev–Trinajstić information content (AvgIpc) is 1.63. The third-order valence-electron chi connectivity index (χ3n) is 0.848. The van der Waals surface area contributed by atoms with Gasteiger partial charge in [-0.05, 0) is 7.05 Å². The van der Waals surface area contributed by atoms with Crippen LogP contribution in [0.2, 0.25) is 0 Å². The lowest BCUT2D eigenvalue weighted by Gasteiger charge is -2.14. The Labute approximate surface area is 54.5 Å². The van der Waals surface area contributed by atoms with Crippen molar-refractivity contribution in [3.63, 3.8) is 0 Å². The monoisotopic (exact) mass is 151 g/mol. The van der Waals surface area contributed by atoms with E-state index < -0.39 is 14.3 Å². The van der Waals surface area contributed by atoms with Gasteiger partial charge in [-0.2, -0.15) is 0 Å². The molecule has 0 heterocycles. The topological polar surface area (TPSA) is 95.4 Å². The lowest BCUT2D eigenvalue weighted by Crippen LogP contribution is -2.46. The highest BCUT2D eigenvalue weighted by atomic mass is 31.1. The second-order valence-electron chi connectivity index (χ2n) is 1.72. The van der Waals surface area contributed by atoms with E-state index in [1.165, 1.54) is 11.9 Å². The van der Waals surface area contributed by atoms with Crippen LogP contribution in [0, 0.1) is 0 Å². The van der Waals surface area contributed by atoms with Crippen molar-refractivity contribution >= 4 is 8.03 Å². The van der Waals surface area contributed by atoms with E-state index in [2.05, 4.69) is 0 Å². The molecule has 0 aliphatic rings. The minimum Gasteiger partial charge on any atom is -0.594 e. The predicted octanol–water partition coefficient (Wildman–Crippen LogP) is -1.82. The van der Waals surface area contributed by atoms with Crippen molar-refractivity contribution in [1.82, 2.24) is 4.90 Å². The van der Waals surface area contributed by atoms with Crippen LogP contribution in [0.1, 0.15) is 0 Å². The van der Waals surface area contributed by atoms with Crippen molar-refractivity contribution in [3.8, 4) is 0 Å². The Morgan fingerprint density at radius 2 is 2.22 bits per heavy atom. The van der Waals surface area contributed by atoms with Gasteiger partial charge in [0, 0.05) is 0 Å². The molecule has 0 aromatic rings. The van der Waals surface area contributed by atoms with E-state index >= 15 is 0 Å². The Balaban J connectivity index is 3.50. The Morgan fingerprint density at radius 3 is 2.33 bits per heavy atom. The van der Waals surface area contributed by atoms with Crippen molar-refractivity contribution in [2.24, 2.45) is 11.5 Å². The van der Waals surface area contributed by atoms with Crippen molar-refractivity contribution in [1.29, 1.82) is 0 Å². The second kappa shape index (κ2) is 3.87. The minimum absolute atomic E-state index is 0.0903. The highest BCUT2D eigenvalue weighted by Gasteiger charge is 2.09. The summed E-state index contributed by atoms with van der Waals surface area (Å²) < 4.78 is 10.00. The van der Waals surface area contributed by atoms with Gasteiger partial charge in [0.15, 0.2) is 6.29 Å². The van der Waals surface area contributed by atoms with E-state index in [1.54, 1.807) is 0 Å². The number of rotatable bonds is 3. The van der Waals surface area contributed by atoms with Crippen LogP contribution in [0.25, 0.3) is 0 Å². The molecule has 0 spiro atoms. The molecule has 0 rings (SSSR count). The first-order chi connectivity index (χ1) is 4.04. The third kappa shape index (κ3) is 4.44. The smallest absolute Gasteiger partial charge is 0.325 e. The summed E-state index contributed by atoms with van der Waals surface area (Å²) in [6.45, 7) is 0. The van der Waals surface area contributed by atoms with Gasteiger partial charge < -0.3 is 16.4 Å². The van der Waals surface area contributed by atoms with Crippen LogP contribution in [-0.2, 0) is 4.57 Å². The van der Waals surface area contributed by atoms with Gasteiger partial charge in [0.05, 0.1) is 0 Å². The molecule has 5 nitrogen and oxygen atoms in total. The maximum absolute atomic E-state index is 10.00. The van der Waals surface area contributed by atoms with E-state index in [9.17, 15) is 9.46 Å². The average molecular weight is 151 g/mol. The zero-order valence-corrected chi connectivity index (χ0v) is 6.04. The summed E-state index contributed by atoms with van der Waals surface area (Å²) in [7, 11) is -0.869. The summed E-state index contributed by atoms with van der Waals surface area (Å²) in [5, 5.41) is 0. The fourth-order valence-electron chi connectivity index (χ4n) is 0.276. The first-order valence-corrected chi connectivity index (χ1v) is 3.73. The highest BCUT2D eigenvalue weighted by Crippen LogP contribution is 2.06. The zero-order chi connectivity index (χ0) is 7.44. The van der Waals surface area contributed by atoms with Crippen molar-refractivity contribution in [2.75, 3.05) is 13.3 Å². The molecule has 0 radical (unpaired) electrons. The minimum atomic E-state index is -2.41. The van der Waals surface area contributed by atoms with Crippen LogP contribution in [-0.4, -0.2) is 24.5 Å². The van der Waals surface area contributed by atoms with Crippen LogP contribution in [0.15, 0.2) is 0 Å². The van der Waals surface area contributed by atoms with E-state index in [4.69, 9.17) is 11.5 Å². The zero-order valence-electron chi connectivity index (χ0n) is 5.15. The number of hydrogen-bond acceptors (Lipinski definition) is 5. The number of nitrogens with two attached hydrogens (primary N) is 2. The molecule has 54 valence electrons. The van der Waals surface area contributed by atoms with Crippen LogP contribution in [0.4, 0.5) is 0 Å². The molecule has 0 amide bonds. The fraction of sp³-hybridized carbons (Fsp3) is 1.00. The van der Waals surface area contributed by atoms with Gasteiger partial charge in [-0.1, -0.05) is 4.57 Å². The molecule has 0 saturated heterocycles. The molecular formula is C3H10N3O2P. The second-order valence-corrected chi connectivity index (χ2v) is 2.67. The van der Waals surface area contributed by atoms with Gasteiger partial charge in [-0.25, -0.2) is 4.90 Å². The highest BCUT2D eigenvalue weighted by molar-refractivity contribution is 7.36. The Hall–Kier alpha value is -0.0600. The van der Waals surface area contributed by atoms with Gasteiger partial charge in [-0.3, -0.25) is 0 Å². The fourth-order valence-corrected chi connectivity index (χ4v) is 0.829. The maximum Gasteiger partial charge on any atom is 0.325 e. The molecule has 0 bridgehead atoms. The molecule has 4 N–H and O–H groups in total. The van der Waals surface area contributed by atoms with Crippen molar-refractivity contribution in [2.45, 2.75) is 6.29 Å². The molecule has 0 aliphatic heterocycles. The molecule has 1 unspecified atom stereocenters. The summed E-state index contributed by atoms with van der Waals surface area (Å²) in [5.74, 6) is 0. The molecular weight excluding hydrogens is 141 g/mol. The van der Waals surface area contributed by atoms with Crippen molar-refractivity contribution < 1.29 is 9.46 Å². The molecule has 1 atom stereocenters. The standard InChI is InChI=1S/C3H10N3O2P/c1-6(3(4)5)2-9(7)8/h3H,2,4-5H2,1H3. The normalized spacial score (nSPS) is 12.9. The molecule has 9 heavy (non-hydrogen) atoms. The van der Waals surface area contributed by atoms with E-state index in [1.807, 2.05) is 0 Å². The van der Waals surface area contributed by atoms with Crippen molar-refractivity contribution in [3.05, 3.63) is 0 Å². The summed E-state index contributed by atoms with van der Waals surface area (Å²) in [6, 6.07) is 0. The van der Waals surface area contributed by atoms with Gasteiger partial charge in [0.1, 0.15) is 6.29 Å². The Bertz CT molecular complexity index is 107. The van der Waals surface area contributed by atoms with Crippen LogP contribution in [0.3, 0.4) is 0 Å². The molecule has 0 aromatic carbocycles. The summed E-state index contributed by atoms with van der Waals surface area (Å²) in [6.07, 6.45) is -0.787. The first-order valence-electron chi connectivity index (χ1n) is 2.37. The van der Waals surface area contributed by atoms with Gasteiger partial charge in [0.25, 0.3) is 0 Å². The lowest BCUT2D eigenvalue weighted by molar-refractivity contribution is -0.166. The first kappa shape index (κ1) is 8.94. The van der Waals surface area contributed by atoms with Gasteiger partial charge in [-0.15, -0.1) is 0 Å². The van der Waals surface area contributed by atoms with E-state index in [0.717, 1.165) is 0 Å². The summed E-state index contributed by atoms with van der Waals surface area (Å²) >= 11 is 0. The van der Waals surface area contributed by atoms with Crippen LogP contribution >= 0.6 is 8.03 Å². The number of nitrogens with zero attached hydrogens (tertiary/aromatic N) is 1. The number of hydrogen-bond donors (Lipinski definition) is 2.